The molecule has 0 aliphatic carbocycles. The third-order valence-corrected chi connectivity index (χ3v) is 3.59. The number of hydrogen-bond donors (Lipinski definition) is 1. The molecule has 1 aromatic heterocycles. The second-order valence-corrected chi connectivity index (χ2v) is 5.05. The van der Waals surface area contributed by atoms with Crippen molar-refractivity contribution in [1.82, 2.24) is 4.98 Å². The minimum atomic E-state index is -0.463. The number of aromatic nitrogens is 1. The highest BCUT2D eigenvalue weighted by Crippen LogP contribution is 2.27. The van der Waals surface area contributed by atoms with Gasteiger partial charge in [-0.15, -0.1) is 0 Å². The second-order valence-electron chi connectivity index (χ2n) is 4.64. The molecule has 0 radical (unpaired) electrons. The van der Waals surface area contributed by atoms with Crippen LogP contribution in [0.1, 0.15) is 11.6 Å². The number of hydrogen-bond acceptors (Lipinski definition) is 3. The maximum Gasteiger partial charge on any atom is 0.140 e. The SMILES string of the molecule is N#CC(Nc1ccccc1Cl)c1ccc2ncccc2c1. The van der Waals surface area contributed by atoms with E-state index < -0.39 is 6.04 Å². The van der Waals surface area contributed by atoms with Crippen LogP contribution in [0.2, 0.25) is 5.02 Å². The van der Waals surface area contributed by atoms with Gasteiger partial charge in [-0.1, -0.05) is 35.9 Å². The molecule has 3 rings (SSSR count). The van der Waals surface area contributed by atoms with Gasteiger partial charge in [0, 0.05) is 11.6 Å². The summed E-state index contributed by atoms with van der Waals surface area (Å²) < 4.78 is 0. The molecular formula is C17H12ClN3. The number of rotatable bonds is 3. The van der Waals surface area contributed by atoms with Crippen LogP contribution in [0.15, 0.2) is 60.8 Å². The largest absolute Gasteiger partial charge is 0.365 e. The Morgan fingerprint density at radius 2 is 1.95 bits per heavy atom. The number of anilines is 1. The molecule has 4 heteroatoms. The van der Waals surface area contributed by atoms with Gasteiger partial charge in [0.2, 0.25) is 0 Å². The van der Waals surface area contributed by atoms with Crippen LogP contribution in [0, 0.1) is 11.3 Å². The molecule has 0 fully saturated rings. The molecule has 0 saturated carbocycles. The number of pyridine rings is 1. The number of nitriles is 1. The van der Waals surface area contributed by atoms with E-state index in [1.807, 2.05) is 48.5 Å². The lowest BCUT2D eigenvalue weighted by Gasteiger charge is -2.15. The van der Waals surface area contributed by atoms with Crippen molar-refractivity contribution in [3.05, 3.63) is 71.4 Å². The van der Waals surface area contributed by atoms with E-state index in [1.54, 1.807) is 12.3 Å². The molecule has 0 bridgehead atoms. The van der Waals surface area contributed by atoms with Crippen molar-refractivity contribution in [1.29, 1.82) is 5.26 Å². The van der Waals surface area contributed by atoms with Crippen LogP contribution in [-0.2, 0) is 0 Å². The minimum absolute atomic E-state index is 0.463. The van der Waals surface area contributed by atoms with Crippen LogP contribution in [0.5, 0.6) is 0 Å². The van der Waals surface area contributed by atoms with Gasteiger partial charge in [-0.3, -0.25) is 4.98 Å². The average Bonchev–Trinajstić information content (AvgIpc) is 2.54. The predicted molar refractivity (Wildman–Crippen MR) is 85.2 cm³/mol. The van der Waals surface area contributed by atoms with Crippen molar-refractivity contribution in [2.75, 3.05) is 5.32 Å². The van der Waals surface area contributed by atoms with Crippen molar-refractivity contribution in [3.8, 4) is 6.07 Å². The summed E-state index contributed by atoms with van der Waals surface area (Å²) in [6.45, 7) is 0. The molecule has 102 valence electrons. The van der Waals surface area contributed by atoms with E-state index in [0.717, 1.165) is 22.2 Å². The Labute approximate surface area is 127 Å². The van der Waals surface area contributed by atoms with Gasteiger partial charge in [0.25, 0.3) is 0 Å². The first kappa shape index (κ1) is 13.4. The number of fused-ring (bicyclic) bond motifs is 1. The quantitative estimate of drug-likeness (QED) is 0.770. The van der Waals surface area contributed by atoms with Crippen LogP contribution in [-0.4, -0.2) is 4.98 Å². The van der Waals surface area contributed by atoms with E-state index in [2.05, 4.69) is 16.4 Å². The van der Waals surface area contributed by atoms with Gasteiger partial charge in [0.05, 0.1) is 22.3 Å². The highest BCUT2D eigenvalue weighted by molar-refractivity contribution is 6.33. The first-order valence-corrected chi connectivity index (χ1v) is 6.91. The third kappa shape index (κ3) is 2.81. The van der Waals surface area contributed by atoms with E-state index in [0.29, 0.717) is 5.02 Å². The zero-order valence-electron chi connectivity index (χ0n) is 11.1. The fourth-order valence-corrected chi connectivity index (χ4v) is 2.39. The molecule has 3 aromatic rings. The second kappa shape index (κ2) is 5.82. The summed E-state index contributed by atoms with van der Waals surface area (Å²) in [6, 6.07) is 18.9. The Balaban J connectivity index is 1.95. The molecule has 0 aliphatic rings. The van der Waals surface area contributed by atoms with Crippen molar-refractivity contribution in [2.24, 2.45) is 0 Å². The summed E-state index contributed by atoms with van der Waals surface area (Å²) in [5.41, 5.74) is 2.55. The van der Waals surface area contributed by atoms with E-state index in [-0.39, 0.29) is 0 Å². The molecule has 0 aliphatic heterocycles. The fourth-order valence-electron chi connectivity index (χ4n) is 2.20. The van der Waals surface area contributed by atoms with Gasteiger partial charge in [0.1, 0.15) is 6.04 Å². The lowest BCUT2D eigenvalue weighted by Crippen LogP contribution is -2.08. The van der Waals surface area contributed by atoms with Gasteiger partial charge in [-0.2, -0.15) is 5.26 Å². The Bertz CT molecular complexity index is 823. The molecule has 1 heterocycles. The van der Waals surface area contributed by atoms with Gasteiger partial charge in [-0.25, -0.2) is 0 Å². The maximum atomic E-state index is 9.43. The molecule has 0 saturated heterocycles. The Morgan fingerprint density at radius 1 is 1.10 bits per heavy atom. The molecule has 0 amide bonds. The first-order valence-electron chi connectivity index (χ1n) is 6.53. The fraction of sp³-hybridized carbons (Fsp3) is 0.0588. The third-order valence-electron chi connectivity index (χ3n) is 3.26. The standard InChI is InChI=1S/C17H12ClN3/c18-14-5-1-2-6-16(14)21-17(11-19)13-7-8-15-12(10-13)4-3-9-20-15/h1-10,17,21H. The summed E-state index contributed by atoms with van der Waals surface area (Å²) in [6.07, 6.45) is 1.76. The summed E-state index contributed by atoms with van der Waals surface area (Å²) in [5.74, 6) is 0. The van der Waals surface area contributed by atoms with Crippen molar-refractivity contribution in [2.45, 2.75) is 6.04 Å². The topological polar surface area (TPSA) is 48.7 Å². The molecule has 21 heavy (non-hydrogen) atoms. The van der Waals surface area contributed by atoms with E-state index in [9.17, 15) is 5.26 Å². The Morgan fingerprint density at radius 3 is 2.76 bits per heavy atom. The summed E-state index contributed by atoms with van der Waals surface area (Å²) in [7, 11) is 0. The van der Waals surface area contributed by atoms with Gasteiger partial charge in [-0.05, 0) is 35.9 Å². The number of nitrogens with one attached hydrogen (secondary N) is 1. The Hall–Kier alpha value is -2.57. The summed E-state index contributed by atoms with van der Waals surface area (Å²) in [5, 5.41) is 14.2. The van der Waals surface area contributed by atoms with E-state index >= 15 is 0 Å². The van der Waals surface area contributed by atoms with Crippen molar-refractivity contribution < 1.29 is 0 Å². The zero-order valence-corrected chi connectivity index (χ0v) is 11.9. The first-order chi connectivity index (χ1) is 10.3. The smallest absolute Gasteiger partial charge is 0.140 e. The molecule has 0 spiro atoms. The minimum Gasteiger partial charge on any atom is -0.365 e. The molecule has 1 N–H and O–H groups in total. The van der Waals surface area contributed by atoms with E-state index in [4.69, 9.17) is 11.6 Å². The molecule has 2 aromatic carbocycles. The van der Waals surface area contributed by atoms with Crippen LogP contribution in [0.3, 0.4) is 0 Å². The molecule has 1 atom stereocenters. The lowest BCUT2D eigenvalue weighted by atomic mass is 10.0. The monoisotopic (exact) mass is 293 g/mol. The van der Waals surface area contributed by atoms with Crippen LogP contribution < -0.4 is 5.32 Å². The normalized spacial score (nSPS) is 11.8. The van der Waals surface area contributed by atoms with Gasteiger partial charge in [0.15, 0.2) is 0 Å². The molecular weight excluding hydrogens is 282 g/mol. The maximum absolute atomic E-state index is 9.43. The lowest BCUT2D eigenvalue weighted by molar-refractivity contribution is 1.00. The zero-order chi connectivity index (χ0) is 14.7. The molecule has 1 unspecified atom stereocenters. The Kier molecular flexibility index (Phi) is 3.72. The van der Waals surface area contributed by atoms with Crippen molar-refractivity contribution in [3.63, 3.8) is 0 Å². The number of benzene rings is 2. The van der Waals surface area contributed by atoms with E-state index in [1.165, 1.54) is 0 Å². The average molecular weight is 294 g/mol. The van der Waals surface area contributed by atoms with Gasteiger partial charge < -0.3 is 5.32 Å². The van der Waals surface area contributed by atoms with Gasteiger partial charge >= 0.3 is 0 Å². The highest BCUT2D eigenvalue weighted by Gasteiger charge is 2.12. The van der Waals surface area contributed by atoms with Crippen LogP contribution >= 0.6 is 11.6 Å². The van der Waals surface area contributed by atoms with Crippen LogP contribution in [0.25, 0.3) is 10.9 Å². The summed E-state index contributed by atoms with van der Waals surface area (Å²) in [4.78, 5) is 4.28. The summed E-state index contributed by atoms with van der Waals surface area (Å²) >= 11 is 6.13. The van der Waals surface area contributed by atoms with Crippen LogP contribution in [0.4, 0.5) is 5.69 Å². The number of halogens is 1. The number of para-hydroxylation sites is 1. The molecule has 3 nitrogen and oxygen atoms in total. The van der Waals surface area contributed by atoms with Crippen molar-refractivity contribution >= 4 is 28.2 Å². The highest BCUT2D eigenvalue weighted by atomic mass is 35.5. The predicted octanol–water partition coefficient (Wildman–Crippen LogP) is 4.56. The number of nitrogens with zero attached hydrogens (tertiary/aromatic N) is 2.